The van der Waals surface area contributed by atoms with Gasteiger partial charge in [0, 0.05) is 23.0 Å². The Hall–Kier alpha value is 1.40. The summed E-state index contributed by atoms with van der Waals surface area (Å²) in [6.07, 6.45) is 9.66. The smallest absolute Gasteiger partial charge is 0.00369 e. The first kappa shape index (κ1) is 18.4. The van der Waals surface area contributed by atoms with Crippen molar-refractivity contribution in [1.82, 2.24) is 0 Å². The molecule has 17 heavy (non-hydrogen) atoms. The third-order valence-corrected chi connectivity index (χ3v) is 7.44. The van der Waals surface area contributed by atoms with E-state index < -0.39 is 0 Å². The van der Waals surface area contributed by atoms with Gasteiger partial charge in [-0.05, 0) is 25.7 Å². The number of hydrogen-bond donors (Lipinski definition) is 0. The fourth-order valence-corrected chi connectivity index (χ4v) is 5.90. The van der Waals surface area contributed by atoms with Crippen LogP contribution in [0.5, 0.6) is 0 Å². The van der Waals surface area contributed by atoms with Crippen LogP contribution in [0, 0.1) is 0 Å². The minimum absolute atomic E-state index is 1.33. The molecule has 0 aromatic heterocycles. The van der Waals surface area contributed by atoms with Crippen molar-refractivity contribution in [2.45, 2.75) is 58.8 Å². The Balaban J connectivity index is 2.85. The zero-order valence-corrected chi connectivity index (χ0v) is 14.7. The van der Waals surface area contributed by atoms with Crippen molar-refractivity contribution in [3.63, 3.8) is 0 Å². The lowest BCUT2D eigenvalue weighted by atomic mass is 10.3. The van der Waals surface area contributed by atoms with Gasteiger partial charge in [-0.2, -0.15) is 0 Å². The molecule has 0 N–H and O–H groups in total. The van der Waals surface area contributed by atoms with Crippen LogP contribution in [-0.4, -0.2) is 23.0 Å². The molecule has 0 spiro atoms. The summed E-state index contributed by atoms with van der Waals surface area (Å²) in [6.45, 7) is 4.53. The highest BCUT2D eigenvalue weighted by Crippen LogP contribution is 2.26. The largest absolute Gasteiger partial charge is 0.0942 e. The molecule has 0 rings (SSSR count). The van der Waals surface area contributed by atoms with Crippen molar-refractivity contribution in [2.75, 3.05) is 23.0 Å². The van der Waals surface area contributed by atoms with Crippen LogP contribution in [0.4, 0.5) is 0 Å². The molecule has 0 aliphatic rings. The van der Waals surface area contributed by atoms with Crippen molar-refractivity contribution in [2.24, 2.45) is 0 Å². The molecular formula is C13H28S4. The molecule has 0 nitrogen and oxygen atoms in total. The molecule has 0 aliphatic heterocycles. The van der Waals surface area contributed by atoms with Crippen molar-refractivity contribution >= 4 is 43.2 Å². The molecule has 4 heteroatoms. The molecule has 0 fully saturated rings. The van der Waals surface area contributed by atoms with E-state index in [1.165, 1.54) is 68.0 Å². The van der Waals surface area contributed by atoms with Crippen LogP contribution in [0.1, 0.15) is 58.8 Å². The predicted molar refractivity (Wildman–Crippen MR) is 93.5 cm³/mol. The molecular weight excluding hydrogens is 284 g/mol. The van der Waals surface area contributed by atoms with Gasteiger partial charge in [0.15, 0.2) is 0 Å². The summed E-state index contributed by atoms with van der Waals surface area (Å²) < 4.78 is 0. The number of unbranched alkanes of at least 4 members (excludes halogenated alkanes) is 4. The van der Waals surface area contributed by atoms with Gasteiger partial charge in [0.25, 0.3) is 0 Å². The second-order valence-corrected chi connectivity index (χ2v) is 9.46. The molecule has 0 saturated heterocycles. The summed E-state index contributed by atoms with van der Waals surface area (Å²) >= 11 is 0. The number of hydrogen-bond acceptors (Lipinski definition) is 4. The first-order chi connectivity index (χ1) is 8.41. The van der Waals surface area contributed by atoms with Crippen LogP contribution >= 0.6 is 43.2 Å². The van der Waals surface area contributed by atoms with Gasteiger partial charge in [-0.25, -0.2) is 0 Å². The summed E-state index contributed by atoms with van der Waals surface area (Å²) in [5.74, 6) is 5.38. The first-order valence-corrected chi connectivity index (χ1v) is 11.9. The SMILES string of the molecule is CCCCSSCCCCCSSCCCC. The zero-order chi connectivity index (χ0) is 12.6. The van der Waals surface area contributed by atoms with Gasteiger partial charge in [-0.1, -0.05) is 76.3 Å². The van der Waals surface area contributed by atoms with E-state index in [0.717, 1.165) is 0 Å². The van der Waals surface area contributed by atoms with Gasteiger partial charge in [0.05, 0.1) is 0 Å². The Morgan fingerprint density at radius 3 is 1.18 bits per heavy atom. The molecule has 0 aliphatic carbocycles. The molecule has 0 aromatic carbocycles. The summed E-state index contributed by atoms with van der Waals surface area (Å²) in [6, 6.07) is 0. The topological polar surface area (TPSA) is 0 Å². The highest BCUT2D eigenvalue weighted by molar-refractivity contribution is 8.77. The number of rotatable bonds is 14. The van der Waals surface area contributed by atoms with Gasteiger partial charge in [0.1, 0.15) is 0 Å². The standard InChI is InChI=1S/C13H28S4/c1-3-5-10-14-16-12-8-7-9-13-17-15-11-6-4-2/h3-13H2,1-2H3. The molecule has 0 amide bonds. The quantitative estimate of drug-likeness (QED) is 0.264. The Morgan fingerprint density at radius 1 is 0.471 bits per heavy atom. The van der Waals surface area contributed by atoms with E-state index in [1.807, 2.05) is 0 Å². The van der Waals surface area contributed by atoms with Crippen LogP contribution in [0.15, 0.2) is 0 Å². The van der Waals surface area contributed by atoms with Crippen LogP contribution in [0.2, 0.25) is 0 Å². The third-order valence-electron chi connectivity index (χ3n) is 2.28. The lowest BCUT2D eigenvalue weighted by molar-refractivity contribution is 0.788. The fourth-order valence-electron chi connectivity index (χ4n) is 1.14. The Bertz CT molecular complexity index is 117. The summed E-state index contributed by atoms with van der Waals surface area (Å²) in [4.78, 5) is 0. The van der Waals surface area contributed by atoms with Crippen molar-refractivity contribution < 1.29 is 0 Å². The minimum atomic E-state index is 1.33. The maximum absolute atomic E-state index is 2.27. The average molecular weight is 313 g/mol. The van der Waals surface area contributed by atoms with Crippen molar-refractivity contribution in [1.29, 1.82) is 0 Å². The minimum Gasteiger partial charge on any atom is -0.0942 e. The summed E-state index contributed by atoms with van der Waals surface area (Å²) in [7, 11) is 8.27. The Kier molecular flexibility index (Phi) is 18.8. The summed E-state index contributed by atoms with van der Waals surface area (Å²) in [5, 5.41) is 0. The highest BCUT2D eigenvalue weighted by Gasteiger charge is 1.94. The highest BCUT2D eigenvalue weighted by atomic mass is 33.1. The molecule has 0 atom stereocenters. The van der Waals surface area contributed by atoms with Gasteiger partial charge in [-0.3, -0.25) is 0 Å². The van der Waals surface area contributed by atoms with Crippen LogP contribution < -0.4 is 0 Å². The Morgan fingerprint density at radius 2 is 0.824 bits per heavy atom. The zero-order valence-electron chi connectivity index (χ0n) is 11.4. The molecule has 0 saturated carbocycles. The van der Waals surface area contributed by atoms with E-state index in [0.29, 0.717) is 0 Å². The Labute approximate surface area is 124 Å². The van der Waals surface area contributed by atoms with Gasteiger partial charge in [-0.15, -0.1) is 0 Å². The molecule has 0 bridgehead atoms. The molecule has 0 heterocycles. The maximum atomic E-state index is 2.27. The van der Waals surface area contributed by atoms with E-state index in [9.17, 15) is 0 Å². The molecule has 0 unspecified atom stereocenters. The van der Waals surface area contributed by atoms with E-state index in [-0.39, 0.29) is 0 Å². The lowest BCUT2D eigenvalue weighted by Crippen LogP contribution is -1.83. The summed E-state index contributed by atoms with van der Waals surface area (Å²) in [5.41, 5.74) is 0. The predicted octanol–water partition coefficient (Wildman–Crippen LogP) is 6.52. The average Bonchev–Trinajstić information content (AvgIpc) is 2.35. The van der Waals surface area contributed by atoms with Gasteiger partial charge in [0.2, 0.25) is 0 Å². The van der Waals surface area contributed by atoms with Crippen LogP contribution in [0.25, 0.3) is 0 Å². The van der Waals surface area contributed by atoms with Crippen molar-refractivity contribution in [3.8, 4) is 0 Å². The normalized spacial score (nSPS) is 10.9. The van der Waals surface area contributed by atoms with Crippen LogP contribution in [-0.2, 0) is 0 Å². The van der Waals surface area contributed by atoms with Gasteiger partial charge < -0.3 is 0 Å². The van der Waals surface area contributed by atoms with E-state index in [2.05, 4.69) is 57.0 Å². The monoisotopic (exact) mass is 312 g/mol. The fraction of sp³-hybridized carbons (Fsp3) is 1.00. The second-order valence-electron chi connectivity index (χ2n) is 4.06. The van der Waals surface area contributed by atoms with Crippen LogP contribution in [0.3, 0.4) is 0 Å². The maximum Gasteiger partial charge on any atom is 0.00369 e. The molecule has 104 valence electrons. The van der Waals surface area contributed by atoms with E-state index in [1.54, 1.807) is 0 Å². The van der Waals surface area contributed by atoms with E-state index >= 15 is 0 Å². The van der Waals surface area contributed by atoms with Crippen molar-refractivity contribution in [3.05, 3.63) is 0 Å². The molecule has 0 radical (unpaired) electrons. The second kappa shape index (κ2) is 17.4. The molecule has 0 aromatic rings. The first-order valence-electron chi connectivity index (χ1n) is 6.90. The van der Waals surface area contributed by atoms with E-state index in [4.69, 9.17) is 0 Å². The third kappa shape index (κ3) is 17.4. The van der Waals surface area contributed by atoms with Gasteiger partial charge >= 0.3 is 0 Å². The lowest BCUT2D eigenvalue weighted by Gasteiger charge is -2.02.